The minimum absolute atomic E-state index is 0.244. The van der Waals surface area contributed by atoms with Crippen LogP contribution in [0.3, 0.4) is 0 Å². The standard InChI is InChI=1S/C21H22N2O5/c1-4-27-17-12-8-5-9-14(17)19(25)28-13-18(24)23-16-11-7-6-10-15(16)22-20(26)21(23,2)3/h5-12H,4,13H2,1-3H3,(H,22,26). The molecule has 0 atom stereocenters. The molecule has 0 saturated heterocycles. The van der Waals surface area contributed by atoms with Crippen molar-refractivity contribution in [3.8, 4) is 5.75 Å². The smallest absolute Gasteiger partial charge is 0.342 e. The van der Waals surface area contributed by atoms with E-state index in [0.717, 1.165) is 0 Å². The van der Waals surface area contributed by atoms with Gasteiger partial charge in [-0.15, -0.1) is 0 Å². The summed E-state index contributed by atoms with van der Waals surface area (Å²) in [4.78, 5) is 39.2. The van der Waals surface area contributed by atoms with Gasteiger partial charge in [0, 0.05) is 0 Å². The molecule has 0 spiro atoms. The minimum Gasteiger partial charge on any atom is -0.493 e. The van der Waals surface area contributed by atoms with Crippen LogP contribution in [0.4, 0.5) is 11.4 Å². The summed E-state index contributed by atoms with van der Waals surface area (Å²) in [6.45, 7) is 5.00. The van der Waals surface area contributed by atoms with Crippen molar-refractivity contribution in [1.82, 2.24) is 0 Å². The second-order valence-electron chi connectivity index (χ2n) is 6.76. The molecule has 0 saturated carbocycles. The molecular weight excluding hydrogens is 360 g/mol. The number of ether oxygens (including phenoxy) is 2. The molecule has 28 heavy (non-hydrogen) atoms. The first-order valence-electron chi connectivity index (χ1n) is 8.98. The van der Waals surface area contributed by atoms with Gasteiger partial charge in [0.05, 0.1) is 18.0 Å². The summed E-state index contributed by atoms with van der Waals surface area (Å²) in [5.74, 6) is -1.07. The van der Waals surface area contributed by atoms with E-state index < -0.39 is 24.0 Å². The molecule has 0 aromatic heterocycles. The topological polar surface area (TPSA) is 84.9 Å². The summed E-state index contributed by atoms with van der Waals surface area (Å²) >= 11 is 0. The Labute approximate surface area is 163 Å². The van der Waals surface area contributed by atoms with Gasteiger partial charge in [-0.05, 0) is 45.0 Å². The quantitative estimate of drug-likeness (QED) is 0.804. The lowest BCUT2D eigenvalue weighted by Crippen LogP contribution is -2.59. The van der Waals surface area contributed by atoms with E-state index in [2.05, 4.69) is 5.32 Å². The Balaban J connectivity index is 1.79. The van der Waals surface area contributed by atoms with Crippen molar-refractivity contribution in [3.63, 3.8) is 0 Å². The second-order valence-corrected chi connectivity index (χ2v) is 6.76. The molecule has 146 valence electrons. The third-order valence-electron chi connectivity index (χ3n) is 4.49. The zero-order valence-corrected chi connectivity index (χ0v) is 16.0. The van der Waals surface area contributed by atoms with Crippen LogP contribution in [0.2, 0.25) is 0 Å². The highest BCUT2D eigenvalue weighted by Crippen LogP contribution is 2.36. The molecule has 7 nitrogen and oxygen atoms in total. The van der Waals surface area contributed by atoms with Gasteiger partial charge >= 0.3 is 5.97 Å². The summed E-state index contributed by atoms with van der Waals surface area (Å²) < 4.78 is 10.7. The number of anilines is 2. The number of esters is 1. The number of fused-ring (bicyclic) bond motifs is 1. The molecule has 0 bridgehead atoms. The first-order valence-corrected chi connectivity index (χ1v) is 8.98. The molecule has 1 N–H and O–H groups in total. The highest BCUT2D eigenvalue weighted by molar-refractivity contribution is 6.14. The maximum atomic E-state index is 12.9. The van der Waals surface area contributed by atoms with Gasteiger partial charge in [0.2, 0.25) is 5.91 Å². The summed E-state index contributed by atoms with van der Waals surface area (Å²) in [7, 11) is 0. The van der Waals surface area contributed by atoms with E-state index in [1.54, 1.807) is 62.4 Å². The van der Waals surface area contributed by atoms with Crippen LogP contribution in [0.15, 0.2) is 48.5 Å². The van der Waals surface area contributed by atoms with E-state index in [1.165, 1.54) is 4.90 Å². The molecule has 1 heterocycles. The average molecular weight is 382 g/mol. The van der Waals surface area contributed by atoms with Gasteiger partial charge in [-0.1, -0.05) is 24.3 Å². The molecule has 1 aliphatic heterocycles. The van der Waals surface area contributed by atoms with Gasteiger partial charge in [-0.3, -0.25) is 14.5 Å². The van der Waals surface area contributed by atoms with Crippen LogP contribution in [0.25, 0.3) is 0 Å². The van der Waals surface area contributed by atoms with E-state index in [1.807, 2.05) is 6.92 Å². The van der Waals surface area contributed by atoms with Gasteiger partial charge in [-0.2, -0.15) is 0 Å². The molecule has 3 rings (SSSR count). The van der Waals surface area contributed by atoms with Gasteiger partial charge in [0.15, 0.2) is 6.61 Å². The van der Waals surface area contributed by atoms with Gasteiger partial charge in [-0.25, -0.2) is 4.79 Å². The highest BCUT2D eigenvalue weighted by Gasteiger charge is 2.43. The fourth-order valence-corrected chi connectivity index (χ4v) is 3.08. The number of rotatable bonds is 5. The van der Waals surface area contributed by atoms with Crippen molar-refractivity contribution in [2.45, 2.75) is 26.3 Å². The van der Waals surface area contributed by atoms with E-state index in [0.29, 0.717) is 23.7 Å². The van der Waals surface area contributed by atoms with Crippen LogP contribution in [-0.2, 0) is 14.3 Å². The molecule has 2 aromatic carbocycles. The zero-order valence-electron chi connectivity index (χ0n) is 16.0. The van der Waals surface area contributed by atoms with Gasteiger partial charge in [0.25, 0.3) is 5.91 Å². The third-order valence-corrected chi connectivity index (χ3v) is 4.49. The minimum atomic E-state index is -1.12. The van der Waals surface area contributed by atoms with Gasteiger partial charge < -0.3 is 14.8 Å². The number of carbonyl (C=O) groups excluding carboxylic acids is 3. The lowest BCUT2D eigenvalue weighted by Gasteiger charge is -2.41. The Hall–Kier alpha value is -3.35. The van der Waals surface area contributed by atoms with Crippen molar-refractivity contribution in [3.05, 3.63) is 54.1 Å². The summed E-state index contributed by atoms with van der Waals surface area (Å²) in [5, 5.41) is 2.79. The third kappa shape index (κ3) is 3.55. The molecule has 0 unspecified atom stereocenters. The van der Waals surface area contributed by atoms with Crippen LogP contribution in [0, 0.1) is 0 Å². The first kappa shape index (κ1) is 19.4. The number of amides is 2. The Kier molecular flexibility index (Phi) is 5.35. The summed E-state index contributed by atoms with van der Waals surface area (Å²) in [5.41, 5.74) is 0.213. The van der Waals surface area contributed by atoms with E-state index in [9.17, 15) is 14.4 Å². The lowest BCUT2D eigenvalue weighted by atomic mass is 9.96. The maximum Gasteiger partial charge on any atom is 0.342 e. The molecule has 2 amide bonds. The fraction of sp³-hybridized carbons (Fsp3) is 0.286. The number of carbonyl (C=O) groups is 3. The Morgan fingerprint density at radius 3 is 2.50 bits per heavy atom. The van der Waals surface area contributed by atoms with Crippen molar-refractivity contribution < 1.29 is 23.9 Å². The number of benzene rings is 2. The Morgan fingerprint density at radius 1 is 1.07 bits per heavy atom. The van der Waals surface area contributed by atoms with Gasteiger partial charge in [0.1, 0.15) is 16.9 Å². The number of para-hydroxylation sites is 3. The van der Waals surface area contributed by atoms with Crippen LogP contribution < -0.4 is 15.0 Å². The maximum absolute atomic E-state index is 12.9. The number of nitrogens with one attached hydrogen (secondary N) is 1. The molecule has 0 aliphatic carbocycles. The van der Waals surface area contributed by atoms with Crippen molar-refractivity contribution in [2.75, 3.05) is 23.4 Å². The molecule has 0 fully saturated rings. The van der Waals surface area contributed by atoms with E-state index >= 15 is 0 Å². The van der Waals surface area contributed by atoms with Crippen LogP contribution in [-0.4, -0.2) is 36.5 Å². The zero-order chi connectivity index (χ0) is 20.3. The fourth-order valence-electron chi connectivity index (χ4n) is 3.08. The second kappa shape index (κ2) is 7.72. The molecule has 2 aromatic rings. The molecule has 7 heteroatoms. The normalized spacial score (nSPS) is 14.7. The lowest BCUT2D eigenvalue weighted by molar-refractivity contribution is -0.128. The predicted molar refractivity (Wildman–Crippen MR) is 105 cm³/mol. The van der Waals surface area contributed by atoms with Crippen molar-refractivity contribution in [1.29, 1.82) is 0 Å². The van der Waals surface area contributed by atoms with Crippen LogP contribution >= 0.6 is 0 Å². The first-order chi connectivity index (χ1) is 13.4. The Bertz CT molecular complexity index is 923. The van der Waals surface area contributed by atoms with Crippen molar-refractivity contribution in [2.24, 2.45) is 0 Å². The molecule has 0 radical (unpaired) electrons. The monoisotopic (exact) mass is 382 g/mol. The highest BCUT2D eigenvalue weighted by atomic mass is 16.5. The van der Waals surface area contributed by atoms with Crippen LogP contribution in [0.5, 0.6) is 5.75 Å². The SMILES string of the molecule is CCOc1ccccc1C(=O)OCC(=O)N1c2ccccc2NC(=O)C1(C)C. The molecule has 1 aliphatic rings. The van der Waals surface area contributed by atoms with E-state index in [4.69, 9.17) is 9.47 Å². The number of nitrogens with zero attached hydrogens (tertiary/aromatic N) is 1. The van der Waals surface area contributed by atoms with Crippen molar-refractivity contribution >= 4 is 29.2 Å². The number of hydrogen-bond acceptors (Lipinski definition) is 5. The summed E-state index contributed by atoms with van der Waals surface area (Å²) in [6.07, 6.45) is 0. The number of hydrogen-bond donors (Lipinski definition) is 1. The van der Waals surface area contributed by atoms with Crippen LogP contribution in [0.1, 0.15) is 31.1 Å². The molecular formula is C21H22N2O5. The van der Waals surface area contributed by atoms with E-state index in [-0.39, 0.29) is 11.5 Å². The average Bonchev–Trinajstić information content (AvgIpc) is 2.67. The Morgan fingerprint density at radius 2 is 1.75 bits per heavy atom. The largest absolute Gasteiger partial charge is 0.493 e. The predicted octanol–water partition coefficient (Wildman–Crippen LogP) is 3.01. The summed E-state index contributed by atoms with van der Waals surface area (Å²) in [6, 6.07) is 13.7.